The van der Waals surface area contributed by atoms with E-state index in [0.717, 1.165) is 0 Å². The summed E-state index contributed by atoms with van der Waals surface area (Å²) in [4.78, 5) is 12.6. The first kappa shape index (κ1) is 22.1. The number of nitrogens with zero attached hydrogens (tertiary/aromatic N) is 3. The van der Waals surface area contributed by atoms with Crippen molar-refractivity contribution in [3.05, 3.63) is 40.6 Å². The van der Waals surface area contributed by atoms with E-state index in [1.54, 1.807) is 23.1 Å². The number of carbonyl (C=O) groups excluding carboxylic acids is 1. The highest BCUT2D eigenvalue weighted by atomic mass is 35.5. The third-order valence-corrected chi connectivity index (χ3v) is 7.49. The number of hydrogen-bond donors (Lipinski definition) is 1. The molecule has 0 bridgehead atoms. The van der Waals surface area contributed by atoms with Gasteiger partial charge < -0.3 is 5.32 Å². The second kappa shape index (κ2) is 8.26. The van der Waals surface area contributed by atoms with Crippen molar-refractivity contribution in [1.82, 2.24) is 14.1 Å². The molecule has 1 amide bonds. The number of carbonyl (C=O) groups is 1. The summed E-state index contributed by atoms with van der Waals surface area (Å²) in [5.74, 6) is -0.398. The number of amides is 1. The summed E-state index contributed by atoms with van der Waals surface area (Å²) in [5, 5.41) is 7.58. The zero-order chi connectivity index (χ0) is 21.4. The molecule has 2 aromatic rings. The van der Waals surface area contributed by atoms with Crippen LogP contribution in [-0.4, -0.2) is 41.5 Å². The number of anilines is 1. The maximum absolute atomic E-state index is 12.9. The van der Waals surface area contributed by atoms with Gasteiger partial charge in [0.05, 0.1) is 22.4 Å². The highest BCUT2D eigenvalue weighted by Crippen LogP contribution is 2.30. The molecule has 0 spiro atoms. The molecule has 0 aliphatic carbocycles. The molecule has 1 aliphatic rings. The average Bonchev–Trinajstić information content (AvgIpc) is 3.12. The summed E-state index contributed by atoms with van der Waals surface area (Å²) in [5.41, 5.74) is 0.454. The number of benzene rings is 1. The normalized spacial score (nSPS) is 16.7. The number of nitrogens with one attached hydrogen (secondary N) is 1. The Morgan fingerprint density at radius 1 is 1.21 bits per heavy atom. The molecule has 2 heterocycles. The van der Waals surface area contributed by atoms with Crippen molar-refractivity contribution in [2.24, 2.45) is 5.92 Å². The van der Waals surface area contributed by atoms with E-state index in [2.05, 4.69) is 10.4 Å². The number of piperidine rings is 1. The third-order valence-electron chi connectivity index (χ3n) is 4.87. The van der Waals surface area contributed by atoms with Crippen LogP contribution >= 0.6 is 23.2 Å². The van der Waals surface area contributed by atoms with Crippen LogP contribution in [0.15, 0.2) is 35.5 Å². The van der Waals surface area contributed by atoms with Crippen molar-refractivity contribution in [2.45, 2.75) is 44.0 Å². The molecule has 1 N–H and O–H groups in total. The van der Waals surface area contributed by atoms with E-state index < -0.39 is 10.0 Å². The van der Waals surface area contributed by atoms with Crippen LogP contribution in [0.25, 0.3) is 0 Å². The molecular weight excluding hydrogens is 435 g/mol. The Morgan fingerprint density at radius 3 is 2.45 bits per heavy atom. The van der Waals surface area contributed by atoms with E-state index in [4.69, 9.17) is 23.2 Å². The molecule has 1 aliphatic heterocycles. The quantitative estimate of drug-likeness (QED) is 0.750. The second-order valence-electron chi connectivity index (χ2n) is 8.09. The van der Waals surface area contributed by atoms with Gasteiger partial charge in [-0.3, -0.25) is 9.48 Å². The van der Waals surface area contributed by atoms with Crippen LogP contribution in [0.4, 0.5) is 5.69 Å². The van der Waals surface area contributed by atoms with Crippen LogP contribution in [-0.2, 0) is 20.4 Å². The molecule has 7 nitrogen and oxygen atoms in total. The van der Waals surface area contributed by atoms with Gasteiger partial charge in [0.25, 0.3) is 0 Å². The minimum absolute atomic E-state index is 0.0100. The molecular formula is C19H24Cl2N4O3S. The van der Waals surface area contributed by atoms with E-state index in [1.165, 1.54) is 16.4 Å². The van der Waals surface area contributed by atoms with E-state index in [9.17, 15) is 13.2 Å². The first-order valence-corrected chi connectivity index (χ1v) is 11.5. The van der Waals surface area contributed by atoms with E-state index >= 15 is 0 Å². The first-order chi connectivity index (χ1) is 13.5. The lowest BCUT2D eigenvalue weighted by Gasteiger charge is -2.30. The summed E-state index contributed by atoms with van der Waals surface area (Å²) < 4.78 is 28.9. The number of aromatic nitrogens is 2. The highest BCUT2D eigenvalue weighted by molar-refractivity contribution is 7.89. The molecule has 1 saturated heterocycles. The van der Waals surface area contributed by atoms with Gasteiger partial charge in [0, 0.05) is 30.2 Å². The fourth-order valence-electron chi connectivity index (χ4n) is 3.17. The third kappa shape index (κ3) is 4.94. The second-order valence-corrected chi connectivity index (χ2v) is 10.8. The van der Waals surface area contributed by atoms with Gasteiger partial charge in [0.2, 0.25) is 15.9 Å². The molecule has 1 aromatic heterocycles. The Bertz CT molecular complexity index is 1010. The van der Waals surface area contributed by atoms with Gasteiger partial charge in [-0.05, 0) is 51.8 Å². The predicted molar refractivity (Wildman–Crippen MR) is 114 cm³/mol. The van der Waals surface area contributed by atoms with Gasteiger partial charge >= 0.3 is 0 Å². The highest BCUT2D eigenvalue weighted by Gasteiger charge is 2.33. The van der Waals surface area contributed by atoms with Crippen LogP contribution in [0.3, 0.4) is 0 Å². The van der Waals surface area contributed by atoms with E-state index in [0.29, 0.717) is 23.6 Å². The Labute approximate surface area is 181 Å². The summed E-state index contributed by atoms with van der Waals surface area (Å²) in [6.45, 7) is 6.55. The van der Waals surface area contributed by atoms with E-state index in [-0.39, 0.29) is 40.4 Å². The summed E-state index contributed by atoms with van der Waals surface area (Å²) in [6.07, 6.45) is 4.26. The van der Waals surface area contributed by atoms with Gasteiger partial charge in [-0.25, -0.2) is 8.42 Å². The lowest BCUT2D eigenvalue weighted by Crippen LogP contribution is -2.41. The molecule has 10 heteroatoms. The van der Waals surface area contributed by atoms with Crippen molar-refractivity contribution < 1.29 is 13.2 Å². The van der Waals surface area contributed by atoms with Gasteiger partial charge in [0.1, 0.15) is 4.90 Å². The standard InChI is InChI=1S/C19H24Cl2N4O3S/c1-19(2,3)25-12-15(11-22-25)23-18(26)13-6-8-24(9-7-13)29(27,28)17-10-14(20)4-5-16(17)21/h4-5,10-13H,6-9H2,1-3H3,(H,23,26). The smallest absolute Gasteiger partial charge is 0.244 e. The zero-order valence-electron chi connectivity index (χ0n) is 16.5. The lowest BCUT2D eigenvalue weighted by molar-refractivity contribution is -0.120. The van der Waals surface area contributed by atoms with Crippen LogP contribution in [0, 0.1) is 5.92 Å². The van der Waals surface area contributed by atoms with Crippen LogP contribution < -0.4 is 5.32 Å². The zero-order valence-corrected chi connectivity index (χ0v) is 18.9. The largest absolute Gasteiger partial charge is 0.323 e. The number of sulfonamides is 1. The fraction of sp³-hybridized carbons (Fsp3) is 0.474. The predicted octanol–water partition coefficient (Wildman–Crippen LogP) is 3.98. The van der Waals surface area contributed by atoms with Crippen LogP contribution in [0.5, 0.6) is 0 Å². The number of halogens is 2. The molecule has 1 aromatic carbocycles. The van der Waals surface area contributed by atoms with Gasteiger partial charge in [-0.1, -0.05) is 23.2 Å². The molecule has 0 unspecified atom stereocenters. The fourth-order valence-corrected chi connectivity index (χ4v) is 5.38. The number of hydrogen-bond acceptors (Lipinski definition) is 4. The Morgan fingerprint density at radius 2 is 1.86 bits per heavy atom. The molecule has 29 heavy (non-hydrogen) atoms. The molecule has 0 atom stereocenters. The Balaban J connectivity index is 1.63. The first-order valence-electron chi connectivity index (χ1n) is 9.30. The minimum Gasteiger partial charge on any atom is -0.323 e. The number of rotatable bonds is 4. The van der Waals surface area contributed by atoms with Crippen molar-refractivity contribution in [3.8, 4) is 0 Å². The topological polar surface area (TPSA) is 84.3 Å². The average molecular weight is 459 g/mol. The molecule has 0 saturated carbocycles. The Hall–Kier alpha value is -1.61. The maximum atomic E-state index is 12.9. The van der Waals surface area contributed by atoms with Gasteiger partial charge in [0.15, 0.2) is 0 Å². The molecule has 0 radical (unpaired) electrons. The summed E-state index contributed by atoms with van der Waals surface area (Å²) >= 11 is 12.0. The van der Waals surface area contributed by atoms with Crippen molar-refractivity contribution in [3.63, 3.8) is 0 Å². The maximum Gasteiger partial charge on any atom is 0.244 e. The van der Waals surface area contributed by atoms with Crippen LogP contribution in [0.2, 0.25) is 10.0 Å². The summed E-state index contributed by atoms with van der Waals surface area (Å²) in [7, 11) is -3.76. The summed E-state index contributed by atoms with van der Waals surface area (Å²) in [6, 6.07) is 4.36. The van der Waals surface area contributed by atoms with Gasteiger partial charge in [-0.15, -0.1) is 0 Å². The van der Waals surface area contributed by atoms with E-state index in [1.807, 2.05) is 20.8 Å². The molecule has 158 valence electrons. The minimum atomic E-state index is -3.76. The van der Waals surface area contributed by atoms with Gasteiger partial charge in [-0.2, -0.15) is 9.40 Å². The molecule has 1 fully saturated rings. The van der Waals surface area contributed by atoms with Crippen LogP contribution in [0.1, 0.15) is 33.6 Å². The lowest BCUT2D eigenvalue weighted by atomic mass is 9.97. The molecule has 3 rings (SSSR count). The van der Waals surface area contributed by atoms with Crippen molar-refractivity contribution >= 4 is 44.8 Å². The SMILES string of the molecule is CC(C)(C)n1cc(NC(=O)C2CCN(S(=O)(=O)c3cc(Cl)ccc3Cl)CC2)cn1. The van der Waals surface area contributed by atoms with Crippen molar-refractivity contribution in [2.75, 3.05) is 18.4 Å². The monoisotopic (exact) mass is 458 g/mol. The van der Waals surface area contributed by atoms with Crippen molar-refractivity contribution in [1.29, 1.82) is 0 Å². The Kier molecular flexibility index (Phi) is 6.29.